The lowest BCUT2D eigenvalue weighted by atomic mass is 10.2. The monoisotopic (exact) mass is 412 g/mol. The van der Waals surface area contributed by atoms with Gasteiger partial charge >= 0.3 is 5.97 Å². The SMILES string of the molecule is Cc1nn(-c2ccccc2)c(C)c1C(=O)OC(C)C(=O)Nc1sccc1C(N)=O. The molecule has 0 radical (unpaired) electrons. The van der Waals surface area contributed by atoms with E-state index in [0.29, 0.717) is 22.0 Å². The number of ether oxygens (including phenoxy) is 1. The number of amides is 2. The predicted molar refractivity (Wildman–Crippen MR) is 109 cm³/mol. The van der Waals surface area contributed by atoms with Crippen molar-refractivity contribution in [2.45, 2.75) is 26.9 Å². The Morgan fingerprint density at radius 2 is 1.86 bits per heavy atom. The molecule has 0 bridgehead atoms. The smallest absolute Gasteiger partial charge is 0.342 e. The third-order valence-electron chi connectivity index (χ3n) is 4.32. The summed E-state index contributed by atoms with van der Waals surface area (Å²) < 4.78 is 7.00. The molecule has 3 rings (SSSR count). The zero-order chi connectivity index (χ0) is 21.1. The first-order chi connectivity index (χ1) is 13.8. The van der Waals surface area contributed by atoms with Gasteiger partial charge in [-0.1, -0.05) is 18.2 Å². The Morgan fingerprint density at radius 1 is 1.17 bits per heavy atom. The molecule has 1 aromatic carbocycles. The van der Waals surface area contributed by atoms with E-state index in [-0.39, 0.29) is 5.56 Å². The molecule has 150 valence electrons. The number of anilines is 1. The van der Waals surface area contributed by atoms with Gasteiger partial charge in [-0.15, -0.1) is 11.3 Å². The first-order valence-electron chi connectivity index (χ1n) is 8.80. The van der Waals surface area contributed by atoms with E-state index >= 15 is 0 Å². The summed E-state index contributed by atoms with van der Waals surface area (Å²) >= 11 is 1.16. The van der Waals surface area contributed by atoms with Gasteiger partial charge in [0.1, 0.15) is 10.6 Å². The maximum atomic E-state index is 12.7. The van der Waals surface area contributed by atoms with Crippen molar-refractivity contribution in [1.82, 2.24) is 9.78 Å². The number of aromatic nitrogens is 2. The molecule has 8 nitrogen and oxygen atoms in total. The van der Waals surface area contributed by atoms with Crippen LogP contribution in [0.1, 0.15) is 39.0 Å². The summed E-state index contributed by atoms with van der Waals surface area (Å²) in [7, 11) is 0. The fourth-order valence-electron chi connectivity index (χ4n) is 2.85. The highest BCUT2D eigenvalue weighted by molar-refractivity contribution is 7.14. The van der Waals surface area contributed by atoms with Crippen LogP contribution in [0.25, 0.3) is 5.69 Å². The lowest BCUT2D eigenvalue weighted by Crippen LogP contribution is -2.30. The minimum absolute atomic E-state index is 0.206. The molecule has 0 aliphatic heterocycles. The quantitative estimate of drug-likeness (QED) is 0.604. The van der Waals surface area contributed by atoms with E-state index in [1.165, 1.54) is 13.0 Å². The van der Waals surface area contributed by atoms with Crippen LogP contribution in [0.15, 0.2) is 41.8 Å². The van der Waals surface area contributed by atoms with Gasteiger partial charge in [0.05, 0.1) is 22.6 Å². The fraction of sp³-hybridized carbons (Fsp3) is 0.200. The van der Waals surface area contributed by atoms with E-state index in [1.807, 2.05) is 30.3 Å². The minimum atomic E-state index is -1.08. The van der Waals surface area contributed by atoms with Gasteiger partial charge in [0.25, 0.3) is 11.8 Å². The van der Waals surface area contributed by atoms with E-state index in [0.717, 1.165) is 17.0 Å². The molecule has 0 aliphatic rings. The number of thiophene rings is 1. The highest BCUT2D eigenvalue weighted by Crippen LogP contribution is 2.23. The van der Waals surface area contributed by atoms with Crippen LogP contribution in [0.4, 0.5) is 5.00 Å². The number of nitrogens with two attached hydrogens (primary N) is 1. The molecule has 0 spiro atoms. The third kappa shape index (κ3) is 4.19. The van der Waals surface area contributed by atoms with Crippen LogP contribution in [0.2, 0.25) is 0 Å². The van der Waals surface area contributed by atoms with Crippen molar-refractivity contribution < 1.29 is 19.1 Å². The molecule has 2 amide bonds. The molecule has 1 unspecified atom stereocenters. The van der Waals surface area contributed by atoms with Crippen LogP contribution in [-0.4, -0.2) is 33.7 Å². The van der Waals surface area contributed by atoms with E-state index in [1.54, 1.807) is 23.9 Å². The van der Waals surface area contributed by atoms with Gasteiger partial charge < -0.3 is 15.8 Å². The second-order valence-corrected chi connectivity index (χ2v) is 7.27. The summed E-state index contributed by atoms with van der Waals surface area (Å²) in [6.45, 7) is 4.93. The fourth-order valence-corrected chi connectivity index (χ4v) is 3.64. The molecule has 0 aliphatic carbocycles. The van der Waals surface area contributed by atoms with Crippen LogP contribution in [-0.2, 0) is 9.53 Å². The predicted octanol–water partition coefficient (Wildman–Crippen LogP) is 2.83. The summed E-state index contributed by atoms with van der Waals surface area (Å²) in [5, 5.41) is 8.93. The lowest BCUT2D eigenvalue weighted by Gasteiger charge is -2.13. The molecular formula is C20H20N4O4S. The molecule has 2 aromatic heterocycles. The van der Waals surface area contributed by atoms with Crippen LogP contribution < -0.4 is 11.1 Å². The summed E-state index contributed by atoms with van der Waals surface area (Å²) in [6, 6.07) is 10.9. The summed E-state index contributed by atoms with van der Waals surface area (Å²) in [5.41, 5.74) is 7.71. The summed E-state index contributed by atoms with van der Waals surface area (Å²) in [5.74, 6) is -1.86. The van der Waals surface area contributed by atoms with E-state index in [9.17, 15) is 14.4 Å². The molecular weight excluding hydrogens is 392 g/mol. The molecule has 1 atom stereocenters. The second kappa shape index (κ2) is 8.27. The van der Waals surface area contributed by atoms with E-state index < -0.39 is 23.9 Å². The van der Waals surface area contributed by atoms with Crippen LogP contribution >= 0.6 is 11.3 Å². The van der Waals surface area contributed by atoms with Gasteiger partial charge in [-0.3, -0.25) is 9.59 Å². The van der Waals surface area contributed by atoms with Crippen LogP contribution in [0.5, 0.6) is 0 Å². The summed E-state index contributed by atoms with van der Waals surface area (Å²) in [6.07, 6.45) is -1.08. The molecule has 0 saturated carbocycles. The molecule has 9 heteroatoms. The Bertz CT molecular complexity index is 1070. The number of nitrogens with zero attached hydrogens (tertiary/aromatic N) is 2. The first-order valence-corrected chi connectivity index (χ1v) is 9.68. The Kier molecular flexibility index (Phi) is 5.79. The Hall–Kier alpha value is -3.46. The molecule has 2 heterocycles. The maximum Gasteiger partial charge on any atom is 0.342 e. The molecule has 3 N–H and O–H groups in total. The topological polar surface area (TPSA) is 116 Å². The summed E-state index contributed by atoms with van der Waals surface area (Å²) in [4.78, 5) is 36.5. The van der Waals surface area contributed by atoms with Crippen molar-refractivity contribution in [3.8, 4) is 5.69 Å². The number of aryl methyl sites for hydroxylation is 1. The van der Waals surface area contributed by atoms with Gasteiger partial charge in [0, 0.05) is 0 Å². The van der Waals surface area contributed by atoms with Crippen molar-refractivity contribution in [2.24, 2.45) is 5.73 Å². The number of nitrogens with one attached hydrogen (secondary N) is 1. The van der Waals surface area contributed by atoms with Gasteiger partial charge in [0.2, 0.25) is 0 Å². The molecule has 0 saturated heterocycles. The normalized spacial score (nSPS) is 11.7. The van der Waals surface area contributed by atoms with Gasteiger partial charge in [0.15, 0.2) is 6.10 Å². The largest absolute Gasteiger partial charge is 0.449 e. The van der Waals surface area contributed by atoms with Gasteiger partial charge in [-0.05, 0) is 44.4 Å². The number of hydrogen-bond acceptors (Lipinski definition) is 6. The van der Waals surface area contributed by atoms with Crippen LogP contribution in [0, 0.1) is 13.8 Å². The van der Waals surface area contributed by atoms with Crippen molar-refractivity contribution in [1.29, 1.82) is 0 Å². The average molecular weight is 412 g/mol. The van der Waals surface area contributed by atoms with Crippen molar-refractivity contribution >= 4 is 34.1 Å². The number of rotatable bonds is 6. The number of carbonyl (C=O) groups excluding carboxylic acids is 3. The first kappa shape index (κ1) is 20.3. The van der Waals surface area contributed by atoms with Crippen molar-refractivity contribution in [3.05, 3.63) is 64.3 Å². The Balaban J connectivity index is 1.74. The van der Waals surface area contributed by atoms with E-state index in [4.69, 9.17) is 10.5 Å². The molecule has 3 aromatic rings. The highest BCUT2D eigenvalue weighted by atomic mass is 32.1. The Labute approximate surface area is 171 Å². The maximum absolute atomic E-state index is 12.7. The number of carbonyl (C=O) groups is 3. The highest BCUT2D eigenvalue weighted by Gasteiger charge is 2.26. The van der Waals surface area contributed by atoms with Crippen LogP contribution in [0.3, 0.4) is 0 Å². The standard InChI is InChI=1S/C20H20N4O4S/c1-11-16(12(2)24(23-11)14-7-5-4-6-8-14)20(27)28-13(3)18(26)22-19-15(17(21)25)9-10-29-19/h4-10,13H,1-3H3,(H2,21,25)(H,22,26). The number of primary amides is 1. The van der Waals surface area contributed by atoms with Gasteiger partial charge in [-0.2, -0.15) is 5.10 Å². The number of hydrogen-bond donors (Lipinski definition) is 2. The third-order valence-corrected chi connectivity index (χ3v) is 5.15. The minimum Gasteiger partial charge on any atom is -0.449 e. The van der Waals surface area contributed by atoms with E-state index in [2.05, 4.69) is 10.4 Å². The second-order valence-electron chi connectivity index (χ2n) is 6.36. The molecule has 29 heavy (non-hydrogen) atoms. The number of esters is 1. The van der Waals surface area contributed by atoms with Crippen molar-refractivity contribution in [3.63, 3.8) is 0 Å². The van der Waals surface area contributed by atoms with Gasteiger partial charge in [-0.25, -0.2) is 9.48 Å². The average Bonchev–Trinajstić information content (AvgIpc) is 3.26. The molecule has 0 fully saturated rings. The lowest BCUT2D eigenvalue weighted by molar-refractivity contribution is -0.123. The van der Waals surface area contributed by atoms with Crippen molar-refractivity contribution in [2.75, 3.05) is 5.32 Å². The zero-order valence-corrected chi connectivity index (χ0v) is 16.9. The Morgan fingerprint density at radius 3 is 2.52 bits per heavy atom. The number of para-hydroxylation sites is 1. The zero-order valence-electron chi connectivity index (χ0n) is 16.1. The number of benzene rings is 1.